The van der Waals surface area contributed by atoms with Crippen molar-refractivity contribution < 1.29 is 9.47 Å². The van der Waals surface area contributed by atoms with Gasteiger partial charge in [0, 0.05) is 57.7 Å². The molecule has 1 aromatic carbocycles. The molecule has 24 heavy (non-hydrogen) atoms. The Balaban J connectivity index is 1.36. The topological polar surface area (TPSA) is 24.9 Å². The van der Waals surface area contributed by atoms with E-state index in [0.717, 1.165) is 45.8 Å². The Morgan fingerprint density at radius 2 is 1.75 bits per heavy atom. The number of nitrogens with zero attached hydrogens (tertiary/aromatic N) is 2. The number of hydrogen-bond acceptors (Lipinski definition) is 4. The number of anilines is 1. The zero-order valence-corrected chi connectivity index (χ0v) is 14.9. The van der Waals surface area contributed by atoms with Crippen LogP contribution in [-0.4, -0.2) is 62.5 Å². The molecule has 0 saturated carbocycles. The standard InChI is InChI=1S/C20H30N2O2/c1-17-4-2-3-5-19(17)22-11-9-21(10-12-22)18-6-13-24-20(16-18)7-14-23-15-8-20/h2-5,18H,6-16H2,1H3. The summed E-state index contributed by atoms with van der Waals surface area (Å²) in [6.07, 6.45) is 4.53. The molecule has 3 aliphatic heterocycles. The fourth-order valence-electron chi connectivity index (χ4n) is 4.65. The summed E-state index contributed by atoms with van der Waals surface area (Å²) in [7, 11) is 0. The van der Waals surface area contributed by atoms with Crippen LogP contribution in [0, 0.1) is 6.92 Å². The van der Waals surface area contributed by atoms with E-state index >= 15 is 0 Å². The minimum absolute atomic E-state index is 0.105. The normalized spacial score (nSPS) is 28.2. The first kappa shape index (κ1) is 16.4. The van der Waals surface area contributed by atoms with Crippen molar-refractivity contribution in [2.75, 3.05) is 50.9 Å². The van der Waals surface area contributed by atoms with Gasteiger partial charge in [-0.3, -0.25) is 4.90 Å². The van der Waals surface area contributed by atoms with Crippen molar-refractivity contribution in [2.45, 2.75) is 44.2 Å². The molecule has 1 unspecified atom stereocenters. The van der Waals surface area contributed by atoms with Crippen LogP contribution in [0.3, 0.4) is 0 Å². The molecule has 0 aromatic heterocycles. The number of piperazine rings is 1. The molecule has 1 atom stereocenters. The second-order valence-electron chi connectivity index (χ2n) is 7.60. The highest BCUT2D eigenvalue weighted by atomic mass is 16.5. The van der Waals surface area contributed by atoms with Gasteiger partial charge in [0.25, 0.3) is 0 Å². The third kappa shape index (κ3) is 3.32. The molecule has 4 nitrogen and oxygen atoms in total. The first-order valence-electron chi connectivity index (χ1n) is 9.52. The van der Waals surface area contributed by atoms with Crippen molar-refractivity contribution in [1.82, 2.24) is 4.90 Å². The lowest BCUT2D eigenvalue weighted by Gasteiger charge is -2.48. The van der Waals surface area contributed by atoms with Gasteiger partial charge in [-0.15, -0.1) is 0 Å². The lowest BCUT2D eigenvalue weighted by Crippen LogP contribution is -2.56. The van der Waals surface area contributed by atoms with E-state index in [0.29, 0.717) is 6.04 Å². The van der Waals surface area contributed by atoms with Gasteiger partial charge >= 0.3 is 0 Å². The molecule has 0 radical (unpaired) electrons. The summed E-state index contributed by atoms with van der Waals surface area (Å²) in [6, 6.07) is 9.45. The van der Waals surface area contributed by atoms with Crippen LogP contribution in [0.4, 0.5) is 5.69 Å². The molecule has 3 saturated heterocycles. The molecule has 0 amide bonds. The van der Waals surface area contributed by atoms with Crippen molar-refractivity contribution in [3.63, 3.8) is 0 Å². The minimum atomic E-state index is 0.105. The highest BCUT2D eigenvalue weighted by Gasteiger charge is 2.41. The second kappa shape index (κ2) is 7.03. The van der Waals surface area contributed by atoms with E-state index < -0.39 is 0 Å². The highest BCUT2D eigenvalue weighted by molar-refractivity contribution is 5.53. The number of aryl methyl sites for hydroxylation is 1. The Morgan fingerprint density at radius 3 is 2.50 bits per heavy atom. The van der Waals surface area contributed by atoms with Crippen LogP contribution in [0.25, 0.3) is 0 Å². The maximum Gasteiger partial charge on any atom is 0.0741 e. The lowest BCUT2D eigenvalue weighted by molar-refractivity contribution is -0.151. The summed E-state index contributed by atoms with van der Waals surface area (Å²) in [4.78, 5) is 5.27. The molecule has 0 aliphatic carbocycles. The molecule has 1 spiro atoms. The molecule has 4 heteroatoms. The van der Waals surface area contributed by atoms with Gasteiger partial charge in [-0.05, 0) is 44.2 Å². The Hall–Kier alpha value is -1.10. The fraction of sp³-hybridized carbons (Fsp3) is 0.700. The average molecular weight is 330 g/mol. The molecule has 132 valence electrons. The summed E-state index contributed by atoms with van der Waals surface area (Å²) >= 11 is 0. The van der Waals surface area contributed by atoms with Gasteiger partial charge < -0.3 is 14.4 Å². The second-order valence-corrected chi connectivity index (χ2v) is 7.60. The molecule has 3 heterocycles. The summed E-state index contributed by atoms with van der Waals surface area (Å²) in [5.74, 6) is 0. The van der Waals surface area contributed by atoms with E-state index in [4.69, 9.17) is 9.47 Å². The van der Waals surface area contributed by atoms with Crippen LogP contribution in [0.2, 0.25) is 0 Å². The first-order valence-corrected chi connectivity index (χ1v) is 9.52. The van der Waals surface area contributed by atoms with E-state index in [-0.39, 0.29) is 5.60 Å². The van der Waals surface area contributed by atoms with Gasteiger partial charge in [-0.2, -0.15) is 0 Å². The van der Waals surface area contributed by atoms with E-state index in [1.807, 2.05) is 0 Å². The van der Waals surface area contributed by atoms with Crippen LogP contribution in [0.1, 0.15) is 31.2 Å². The molecule has 3 aliphatic rings. The SMILES string of the molecule is Cc1ccccc1N1CCN(C2CCOC3(CCOCC3)C2)CC1. The molecular weight excluding hydrogens is 300 g/mol. The van der Waals surface area contributed by atoms with Crippen LogP contribution in [0.5, 0.6) is 0 Å². The third-order valence-corrected chi connectivity index (χ3v) is 6.16. The average Bonchev–Trinajstić information content (AvgIpc) is 2.63. The van der Waals surface area contributed by atoms with Gasteiger partial charge in [0.15, 0.2) is 0 Å². The van der Waals surface area contributed by atoms with Crippen LogP contribution >= 0.6 is 0 Å². The van der Waals surface area contributed by atoms with Crippen molar-refractivity contribution >= 4 is 5.69 Å². The maximum atomic E-state index is 6.22. The van der Waals surface area contributed by atoms with Gasteiger partial charge in [0.05, 0.1) is 5.60 Å². The zero-order valence-electron chi connectivity index (χ0n) is 14.9. The van der Waals surface area contributed by atoms with Crippen molar-refractivity contribution in [3.8, 4) is 0 Å². The fourth-order valence-corrected chi connectivity index (χ4v) is 4.65. The Bertz CT molecular complexity index is 543. The maximum absolute atomic E-state index is 6.22. The Morgan fingerprint density at radius 1 is 1.00 bits per heavy atom. The summed E-state index contributed by atoms with van der Waals surface area (Å²) < 4.78 is 11.8. The number of para-hydroxylation sites is 1. The smallest absolute Gasteiger partial charge is 0.0741 e. The molecule has 4 rings (SSSR count). The summed E-state index contributed by atoms with van der Waals surface area (Å²) in [5.41, 5.74) is 2.90. The van der Waals surface area contributed by atoms with E-state index in [1.54, 1.807) is 0 Å². The Labute approximate surface area is 145 Å². The first-order chi connectivity index (χ1) is 11.8. The van der Waals surface area contributed by atoms with E-state index in [9.17, 15) is 0 Å². The molecule has 1 aromatic rings. The quantitative estimate of drug-likeness (QED) is 0.832. The largest absolute Gasteiger partial charge is 0.381 e. The van der Waals surface area contributed by atoms with E-state index in [2.05, 4.69) is 41.0 Å². The van der Waals surface area contributed by atoms with Crippen molar-refractivity contribution in [1.29, 1.82) is 0 Å². The third-order valence-electron chi connectivity index (χ3n) is 6.16. The highest BCUT2D eigenvalue weighted by Crippen LogP contribution is 2.36. The number of ether oxygens (including phenoxy) is 2. The van der Waals surface area contributed by atoms with Crippen LogP contribution < -0.4 is 4.90 Å². The summed E-state index contributed by atoms with van der Waals surface area (Å²) in [6.45, 7) is 9.49. The predicted octanol–water partition coefficient (Wildman–Crippen LogP) is 2.85. The summed E-state index contributed by atoms with van der Waals surface area (Å²) in [5, 5.41) is 0. The predicted molar refractivity (Wildman–Crippen MR) is 96.7 cm³/mol. The minimum Gasteiger partial charge on any atom is -0.381 e. The van der Waals surface area contributed by atoms with Gasteiger partial charge in [0.1, 0.15) is 0 Å². The van der Waals surface area contributed by atoms with E-state index in [1.165, 1.54) is 37.2 Å². The molecule has 0 bridgehead atoms. The van der Waals surface area contributed by atoms with Gasteiger partial charge in [-0.25, -0.2) is 0 Å². The number of benzene rings is 1. The molecular formula is C20H30N2O2. The van der Waals surface area contributed by atoms with Crippen LogP contribution in [0.15, 0.2) is 24.3 Å². The van der Waals surface area contributed by atoms with Gasteiger partial charge in [-0.1, -0.05) is 18.2 Å². The van der Waals surface area contributed by atoms with Crippen molar-refractivity contribution in [3.05, 3.63) is 29.8 Å². The number of rotatable bonds is 2. The Kier molecular flexibility index (Phi) is 4.79. The van der Waals surface area contributed by atoms with Crippen LogP contribution in [-0.2, 0) is 9.47 Å². The molecule has 3 fully saturated rings. The number of hydrogen-bond donors (Lipinski definition) is 0. The molecule has 0 N–H and O–H groups in total. The van der Waals surface area contributed by atoms with Crippen molar-refractivity contribution in [2.24, 2.45) is 0 Å². The lowest BCUT2D eigenvalue weighted by atomic mass is 9.83. The monoisotopic (exact) mass is 330 g/mol. The zero-order chi connectivity index (χ0) is 16.4. The van der Waals surface area contributed by atoms with Gasteiger partial charge in [0.2, 0.25) is 0 Å².